The van der Waals surface area contributed by atoms with E-state index in [0.717, 1.165) is 13.0 Å². The largest absolute Gasteiger partial charge is 1.00 e. The van der Waals surface area contributed by atoms with Gasteiger partial charge in [-0.3, -0.25) is 9.28 Å². The lowest BCUT2D eigenvalue weighted by atomic mass is 10.0. The molecule has 0 aliphatic rings. The summed E-state index contributed by atoms with van der Waals surface area (Å²) in [4.78, 5) is 11.9. The van der Waals surface area contributed by atoms with E-state index in [-0.39, 0.29) is 18.3 Å². The number of rotatable bonds is 21. The molecule has 0 heterocycles. The van der Waals surface area contributed by atoms with Gasteiger partial charge in [-0.15, -0.1) is 0 Å². The monoisotopic (exact) mass is 434 g/mol. The zero-order valence-electron chi connectivity index (χ0n) is 20.1. The molecule has 0 bridgehead atoms. The van der Waals surface area contributed by atoms with Crippen LogP contribution in [0.4, 0.5) is 0 Å². The predicted molar refractivity (Wildman–Crippen MR) is 121 cm³/mol. The number of nitrogens with one attached hydrogen (secondary N) is 1. The van der Waals surface area contributed by atoms with E-state index in [0.29, 0.717) is 24.3 Å². The third-order valence-electron chi connectivity index (χ3n) is 5.36. The zero-order valence-corrected chi connectivity index (χ0v) is 20.8. The summed E-state index contributed by atoms with van der Waals surface area (Å²) in [5.41, 5.74) is 0. The van der Waals surface area contributed by atoms with Crippen LogP contribution in [0.1, 0.15) is 117 Å². The van der Waals surface area contributed by atoms with Crippen LogP contribution in [0, 0.1) is 0 Å². The van der Waals surface area contributed by atoms with Crippen molar-refractivity contribution >= 4 is 5.91 Å². The molecule has 176 valence electrons. The smallest absolute Gasteiger partial charge is 0.224 e. The Morgan fingerprint density at radius 2 is 1.14 bits per heavy atom. The van der Waals surface area contributed by atoms with E-state index in [2.05, 4.69) is 26.3 Å². The molecule has 0 aromatic carbocycles. The van der Waals surface area contributed by atoms with Crippen LogP contribution < -0.4 is 17.7 Å². The van der Waals surface area contributed by atoms with Gasteiger partial charge in [0.15, 0.2) is 13.4 Å². The molecule has 4 nitrogen and oxygen atoms in total. The van der Waals surface area contributed by atoms with Gasteiger partial charge in [0.25, 0.3) is 0 Å². The van der Waals surface area contributed by atoms with Crippen LogP contribution >= 0.6 is 0 Å². The molecule has 0 aliphatic carbocycles. The number of unbranched alkanes of at least 4 members (excludes halogenated alkanes) is 14. The average molecular weight is 435 g/mol. The normalized spacial score (nSPS) is 11.3. The molecule has 0 saturated carbocycles. The molecule has 0 aromatic heterocycles. The molecule has 0 spiro atoms. The summed E-state index contributed by atoms with van der Waals surface area (Å²) in [6.07, 6.45) is 21.0. The fourth-order valence-corrected chi connectivity index (χ4v) is 3.43. The van der Waals surface area contributed by atoms with Gasteiger partial charge in [0, 0.05) is 13.0 Å². The number of carbonyl (C=O) groups excluding carboxylic acids is 1. The SMILES string of the molecule is CCCCCCCCCCCCCCCCCC(=O)NC[N+](C)(C)COCC.[Cl-]. The van der Waals surface area contributed by atoms with E-state index in [9.17, 15) is 4.79 Å². The van der Waals surface area contributed by atoms with Crippen molar-refractivity contribution < 1.29 is 26.4 Å². The number of halogens is 1. The van der Waals surface area contributed by atoms with Gasteiger partial charge in [-0.2, -0.15) is 0 Å². The van der Waals surface area contributed by atoms with Crippen molar-refractivity contribution in [3.63, 3.8) is 0 Å². The molecule has 29 heavy (non-hydrogen) atoms. The molecule has 0 radical (unpaired) electrons. The standard InChI is InChI=1S/C24H50N2O2.ClH/c1-5-7-8-9-10-11-12-13-14-15-16-17-18-19-20-21-24(27)25-22-26(3,4)23-28-6-2;/h5-23H2,1-4H3;1H. The predicted octanol–water partition coefficient (Wildman–Crippen LogP) is 3.40. The maximum atomic E-state index is 11.9. The van der Waals surface area contributed by atoms with Gasteiger partial charge in [0.1, 0.15) is 0 Å². The Morgan fingerprint density at radius 3 is 1.55 bits per heavy atom. The highest BCUT2D eigenvalue weighted by molar-refractivity contribution is 5.75. The average Bonchev–Trinajstić information content (AvgIpc) is 2.68. The molecular weight excluding hydrogens is 384 g/mol. The van der Waals surface area contributed by atoms with Crippen molar-refractivity contribution in [2.75, 3.05) is 34.1 Å². The Morgan fingerprint density at radius 1 is 0.724 bits per heavy atom. The highest BCUT2D eigenvalue weighted by atomic mass is 35.5. The van der Waals surface area contributed by atoms with E-state index >= 15 is 0 Å². The summed E-state index contributed by atoms with van der Waals surface area (Å²) < 4.78 is 6.11. The quantitative estimate of drug-likeness (QED) is 0.171. The summed E-state index contributed by atoms with van der Waals surface area (Å²) in [7, 11) is 4.15. The molecule has 0 atom stereocenters. The van der Waals surface area contributed by atoms with E-state index < -0.39 is 0 Å². The first kappa shape index (κ1) is 30.9. The number of amides is 1. The van der Waals surface area contributed by atoms with Crippen LogP contribution in [0.15, 0.2) is 0 Å². The Kier molecular flexibility index (Phi) is 23.8. The minimum absolute atomic E-state index is 0. The topological polar surface area (TPSA) is 38.3 Å². The Bertz CT molecular complexity index is 352. The first-order valence-corrected chi connectivity index (χ1v) is 12.2. The second-order valence-corrected chi connectivity index (χ2v) is 9.02. The lowest BCUT2D eigenvalue weighted by molar-refractivity contribution is -0.911. The molecular formula is C24H51ClN2O2. The van der Waals surface area contributed by atoms with Gasteiger partial charge >= 0.3 is 0 Å². The van der Waals surface area contributed by atoms with Crippen LogP contribution in [0.5, 0.6) is 0 Å². The summed E-state index contributed by atoms with van der Waals surface area (Å²) in [6, 6.07) is 0. The third-order valence-corrected chi connectivity index (χ3v) is 5.36. The molecule has 1 N–H and O–H groups in total. The Balaban J connectivity index is 0. The van der Waals surface area contributed by atoms with Crippen molar-refractivity contribution in [2.45, 2.75) is 117 Å². The molecule has 0 aromatic rings. The third kappa shape index (κ3) is 23.8. The Hall–Kier alpha value is -0.320. The molecule has 1 amide bonds. The van der Waals surface area contributed by atoms with Crippen molar-refractivity contribution in [1.82, 2.24) is 5.32 Å². The van der Waals surface area contributed by atoms with Crippen LogP contribution in [0.3, 0.4) is 0 Å². The van der Waals surface area contributed by atoms with Gasteiger partial charge in [-0.05, 0) is 13.3 Å². The highest BCUT2D eigenvalue weighted by Crippen LogP contribution is 2.13. The van der Waals surface area contributed by atoms with Gasteiger partial charge in [0.2, 0.25) is 5.91 Å². The molecule has 0 fully saturated rings. The van der Waals surface area contributed by atoms with Crippen LogP contribution in [0.2, 0.25) is 0 Å². The molecule has 5 heteroatoms. The van der Waals surface area contributed by atoms with E-state index in [1.807, 2.05) is 6.92 Å². The lowest BCUT2D eigenvalue weighted by Gasteiger charge is -2.28. The molecule has 0 saturated heterocycles. The summed E-state index contributed by atoms with van der Waals surface area (Å²) in [5.74, 6) is 0.178. The highest BCUT2D eigenvalue weighted by Gasteiger charge is 2.15. The lowest BCUT2D eigenvalue weighted by Crippen LogP contribution is -3.00. The summed E-state index contributed by atoms with van der Waals surface area (Å²) in [6.45, 7) is 6.26. The van der Waals surface area contributed by atoms with Crippen molar-refractivity contribution in [2.24, 2.45) is 0 Å². The molecule has 0 aliphatic heterocycles. The van der Waals surface area contributed by atoms with Crippen molar-refractivity contribution in [3.8, 4) is 0 Å². The van der Waals surface area contributed by atoms with Crippen LogP contribution in [0.25, 0.3) is 0 Å². The fraction of sp³-hybridized carbons (Fsp3) is 0.958. The maximum Gasteiger partial charge on any atom is 0.224 e. The summed E-state index contributed by atoms with van der Waals surface area (Å²) in [5, 5.41) is 3.03. The van der Waals surface area contributed by atoms with Crippen LogP contribution in [-0.2, 0) is 9.53 Å². The molecule has 0 rings (SSSR count). The number of nitrogens with zero attached hydrogens (tertiary/aromatic N) is 1. The second kappa shape index (κ2) is 22.4. The zero-order chi connectivity index (χ0) is 20.9. The first-order valence-electron chi connectivity index (χ1n) is 12.2. The minimum atomic E-state index is 0. The van der Waals surface area contributed by atoms with Gasteiger partial charge in [-0.1, -0.05) is 96.8 Å². The number of ether oxygens (including phenoxy) is 1. The van der Waals surface area contributed by atoms with Crippen LogP contribution in [-0.4, -0.2) is 44.5 Å². The van der Waals surface area contributed by atoms with Gasteiger partial charge < -0.3 is 22.5 Å². The number of hydrogen-bond acceptors (Lipinski definition) is 2. The second-order valence-electron chi connectivity index (χ2n) is 9.02. The van der Waals surface area contributed by atoms with E-state index in [1.165, 1.54) is 89.9 Å². The van der Waals surface area contributed by atoms with E-state index in [1.54, 1.807) is 0 Å². The summed E-state index contributed by atoms with van der Waals surface area (Å²) >= 11 is 0. The Labute approximate surface area is 188 Å². The number of quaternary nitrogens is 1. The minimum Gasteiger partial charge on any atom is -1.00 e. The van der Waals surface area contributed by atoms with E-state index in [4.69, 9.17) is 4.74 Å². The fourth-order valence-electron chi connectivity index (χ4n) is 3.43. The van der Waals surface area contributed by atoms with Crippen molar-refractivity contribution in [1.29, 1.82) is 0 Å². The number of hydrogen-bond donors (Lipinski definition) is 1. The van der Waals surface area contributed by atoms with Gasteiger partial charge in [-0.25, -0.2) is 0 Å². The van der Waals surface area contributed by atoms with Crippen molar-refractivity contribution in [3.05, 3.63) is 0 Å². The number of carbonyl (C=O) groups is 1. The first-order chi connectivity index (χ1) is 13.5. The maximum absolute atomic E-state index is 11.9. The van der Waals surface area contributed by atoms with Gasteiger partial charge in [0.05, 0.1) is 14.1 Å². The molecule has 0 unspecified atom stereocenters.